The molecule has 0 amide bonds. The van der Waals surface area contributed by atoms with Crippen molar-refractivity contribution in [3.05, 3.63) is 0 Å². The zero-order valence-electron chi connectivity index (χ0n) is 30.0. The van der Waals surface area contributed by atoms with Crippen LogP contribution in [0.15, 0.2) is 0 Å². The van der Waals surface area contributed by atoms with E-state index in [4.69, 9.17) is 5.73 Å². The van der Waals surface area contributed by atoms with Crippen molar-refractivity contribution in [2.75, 3.05) is 0 Å². The number of carboxylic acid groups (broad SMARTS) is 1. The van der Waals surface area contributed by atoms with Crippen LogP contribution in [0.4, 0.5) is 0 Å². The van der Waals surface area contributed by atoms with Gasteiger partial charge in [-0.2, -0.15) is 0 Å². The molecule has 0 heterocycles. The molecule has 0 aromatic heterocycles. The molecule has 0 aliphatic rings. The van der Waals surface area contributed by atoms with Crippen LogP contribution in [0.2, 0.25) is 0 Å². The van der Waals surface area contributed by atoms with Gasteiger partial charge in [0.1, 0.15) is 12.3 Å². The molecule has 0 rings (SSSR count). The minimum absolute atomic E-state index is 0.612. The van der Waals surface area contributed by atoms with Crippen LogP contribution >= 0.6 is 0 Å². The zero-order valence-corrected chi connectivity index (χ0v) is 30.0. The Morgan fingerprint density at radius 2 is 0.682 bits per heavy atom. The number of aliphatic carboxylic acids is 1. The quantitative estimate of drug-likeness (QED) is 0.0534. The van der Waals surface area contributed by atoms with Crippen molar-refractivity contribution in [1.29, 1.82) is 0 Å². The predicted octanol–water partition coefficient (Wildman–Crippen LogP) is 12.9. The van der Waals surface area contributed by atoms with Crippen molar-refractivity contribution < 1.29 is 14.7 Å². The number of unbranched alkanes of at least 4 members (excludes halogenated alkanes) is 30. The Morgan fingerprint density at radius 3 is 0.864 bits per heavy atom. The monoisotopic (exact) mass is 622 g/mol. The van der Waals surface area contributed by atoms with Gasteiger partial charge in [0, 0.05) is 0 Å². The first kappa shape index (κ1) is 43.1. The highest BCUT2D eigenvalue weighted by molar-refractivity contribution is 5.80. The molecule has 3 N–H and O–H groups in total. The van der Waals surface area contributed by atoms with Crippen LogP contribution in [-0.4, -0.2) is 23.4 Å². The van der Waals surface area contributed by atoms with Gasteiger partial charge in [-0.3, -0.25) is 4.79 Å². The van der Waals surface area contributed by atoms with E-state index < -0.39 is 17.4 Å². The maximum atomic E-state index is 12.2. The molecule has 0 bridgehead atoms. The van der Waals surface area contributed by atoms with E-state index in [2.05, 4.69) is 13.8 Å². The summed E-state index contributed by atoms with van der Waals surface area (Å²) in [4.78, 5) is 24.0. The highest BCUT2D eigenvalue weighted by Gasteiger charge is 2.39. The lowest BCUT2D eigenvalue weighted by Crippen LogP contribution is -2.48. The fourth-order valence-corrected chi connectivity index (χ4v) is 6.88. The van der Waals surface area contributed by atoms with Crippen LogP contribution in [0.25, 0.3) is 0 Å². The van der Waals surface area contributed by atoms with Crippen molar-refractivity contribution in [2.24, 2.45) is 11.1 Å². The van der Waals surface area contributed by atoms with Crippen LogP contribution in [0.1, 0.15) is 232 Å². The molecule has 0 saturated carbocycles. The smallest absolute Gasteiger partial charge is 0.321 e. The third-order valence-corrected chi connectivity index (χ3v) is 10.1. The summed E-state index contributed by atoms with van der Waals surface area (Å²) in [5.41, 5.74) is 5.20. The van der Waals surface area contributed by atoms with Crippen LogP contribution in [0.3, 0.4) is 0 Å². The first-order chi connectivity index (χ1) is 21.5. The average molecular weight is 622 g/mol. The number of hydrogen-bond donors (Lipinski definition) is 2. The molecule has 0 saturated heterocycles. The SMILES string of the molecule is CCCCCCCCCCCCCCCCCCC(C=O)(CCCCCCCCCCCCCCCCCC)C(N)C(=O)O. The lowest BCUT2D eigenvalue weighted by molar-refractivity contribution is -0.144. The molecule has 0 aliphatic carbocycles. The maximum Gasteiger partial charge on any atom is 0.321 e. The summed E-state index contributed by atoms with van der Waals surface area (Å²) in [6.45, 7) is 4.55. The lowest BCUT2D eigenvalue weighted by atomic mass is 9.73. The van der Waals surface area contributed by atoms with E-state index in [1.165, 1.54) is 180 Å². The Kier molecular flexibility index (Phi) is 32.8. The van der Waals surface area contributed by atoms with Gasteiger partial charge in [0.25, 0.3) is 0 Å². The van der Waals surface area contributed by atoms with E-state index in [1.54, 1.807) is 0 Å². The van der Waals surface area contributed by atoms with Gasteiger partial charge in [0.05, 0.1) is 5.41 Å². The first-order valence-electron chi connectivity index (χ1n) is 20.0. The second kappa shape index (κ2) is 33.5. The zero-order chi connectivity index (χ0) is 32.4. The first-order valence-corrected chi connectivity index (χ1v) is 20.0. The number of hydrogen-bond acceptors (Lipinski definition) is 3. The molecule has 1 atom stereocenters. The standard InChI is InChI=1S/C40H79NO3/c1-3-5-7-9-11-13-15-17-19-21-23-25-27-29-31-33-35-40(37-42,38(41)39(43)44)36-34-32-30-28-26-24-22-20-18-16-14-12-10-8-6-4-2/h37-38H,3-36,41H2,1-2H3,(H,43,44). The summed E-state index contributed by atoms with van der Waals surface area (Å²) in [5.74, 6) is -1.04. The molecule has 0 spiro atoms. The third-order valence-electron chi connectivity index (χ3n) is 10.1. The van der Waals surface area contributed by atoms with Crippen molar-refractivity contribution in [3.63, 3.8) is 0 Å². The minimum atomic E-state index is -1.09. The molecular weight excluding hydrogens is 542 g/mol. The summed E-state index contributed by atoms with van der Waals surface area (Å²) in [7, 11) is 0. The summed E-state index contributed by atoms with van der Waals surface area (Å²) < 4.78 is 0. The number of carbonyl (C=O) groups is 2. The number of aldehydes is 1. The number of nitrogens with two attached hydrogens (primary N) is 1. The van der Waals surface area contributed by atoms with E-state index in [-0.39, 0.29) is 0 Å². The largest absolute Gasteiger partial charge is 0.480 e. The predicted molar refractivity (Wildman–Crippen MR) is 192 cm³/mol. The van der Waals surface area contributed by atoms with Gasteiger partial charge in [-0.1, -0.05) is 219 Å². The van der Waals surface area contributed by atoms with Gasteiger partial charge in [0.15, 0.2) is 0 Å². The van der Waals surface area contributed by atoms with E-state index >= 15 is 0 Å². The summed E-state index contributed by atoms with van der Waals surface area (Å²) in [5, 5.41) is 9.63. The second-order valence-electron chi connectivity index (χ2n) is 14.3. The van der Waals surface area contributed by atoms with Crippen molar-refractivity contribution in [1.82, 2.24) is 0 Å². The molecule has 0 aliphatic heterocycles. The summed E-state index contributed by atoms with van der Waals surface area (Å²) >= 11 is 0. The molecule has 44 heavy (non-hydrogen) atoms. The van der Waals surface area contributed by atoms with Crippen LogP contribution in [-0.2, 0) is 9.59 Å². The molecule has 0 aromatic carbocycles. The van der Waals surface area contributed by atoms with Gasteiger partial charge in [0.2, 0.25) is 0 Å². The molecule has 262 valence electrons. The summed E-state index contributed by atoms with van der Waals surface area (Å²) in [6.07, 6.45) is 44.0. The average Bonchev–Trinajstić information content (AvgIpc) is 3.03. The Bertz CT molecular complexity index is 571. The number of carbonyl (C=O) groups excluding carboxylic acids is 1. The molecule has 0 radical (unpaired) electrons. The highest BCUT2D eigenvalue weighted by Crippen LogP contribution is 2.33. The van der Waals surface area contributed by atoms with E-state index in [0.29, 0.717) is 12.8 Å². The molecule has 1 unspecified atom stereocenters. The third kappa shape index (κ3) is 26.3. The van der Waals surface area contributed by atoms with Gasteiger partial charge in [-0.25, -0.2) is 0 Å². The van der Waals surface area contributed by atoms with Crippen LogP contribution in [0, 0.1) is 5.41 Å². The van der Waals surface area contributed by atoms with E-state index in [0.717, 1.165) is 32.0 Å². The number of rotatable bonds is 37. The Balaban J connectivity index is 3.87. The molecule has 0 fully saturated rings. The van der Waals surface area contributed by atoms with E-state index in [9.17, 15) is 14.7 Å². The van der Waals surface area contributed by atoms with Gasteiger partial charge < -0.3 is 15.6 Å². The lowest BCUT2D eigenvalue weighted by Gasteiger charge is -2.31. The topological polar surface area (TPSA) is 80.4 Å². The fourth-order valence-electron chi connectivity index (χ4n) is 6.88. The molecule has 4 heteroatoms. The highest BCUT2D eigenvalue weighted by atomic mass is 16.4. The van der Waals surface area contributed by atoms with Crippen LogP contribution in [0.5, 0.6) is 0 Å². The normalized spacial score (nSPS) is 12.5. The fraction of sp³-hybridized carbons (Fsp3) is 0.950. The van der Waals surface area contributed by atoms with Crippen molar-refractivity contribution >= 4 is 12.3 Å². The number of carboxylic acids is 1. The Hall–Kier alpha value is -0.900. The second-order valence-corrected chi connectivity index (χ2v) is 14.3. The minimum Gasteiger partial charge on any atom is -0.480 e. The Morgan fingerprint density at radius 1 is 0.477 bits per heavy atom. The van der Waals surface area contributed by atoms with Crippen LogP contribution < -0.4 is 5.73 Å². The molecule has 4 nitrogen and oxygen atoms in total. The maximum absolute atomic E-state index is 12.2. The Labute approximate surface area is 275 Å². The van der Waals surface area contributed by atoms with Gasteiger partial charge >= 0.3 is 5.97 Å². The van der Waals surface area contributed by atoms with Crippen molar-refractivity contribution in [2.45, 2.75) is 238 Å². The van der Waals surface area contributed by atoms with Gasteiger partial charge in [-0.15, -0.1) is 0 Å². The summed E-state index contributed by atoms with van der Waals surface area (Å²) in [6, 6.07) is -1.09. The molecule has 0 aromatic rings. The van der Waals surface area contributed by atoms with Crippen molar-refractivity contribution in [3.8, 4) is 0 Å². The van der Waals surface area contributed by atoms with E-state index in [1.807, 2.05) is 0 Å². The molecular formula is C40H79NO3. The van der Waals surface area contributed by atoms with Gasteiger partial charge in [-0.05, 0) is 12.8 Å².